The number of Topliss-reactive ketones (excluding diaryl/α,β-unsaturated/α-hetero) is 2. The van der Waals surface area contributed by atoms with Crippen LogP contribution in [0.5, 0.6) is 0 Å². The van der Waals surface area contributed by atoms with Gasteiger partial charge in [0, 0.05) is 5.41 Å². The van der Waals surface area contributed by atoms with Crippen molar-refractivity contribution in [3.63, 3.8) is 0 Å². The number of hydrogen-bond acceptors (Lipinski definition) is 2. The fourth-order valence-corrected chi connectivity index (χ4v) is 1.19. The summed E-state index contributed by atoms with van der Waals surface area (Å²) in [4.78, 5) is 22.6. The summed E-state index contributed by atoms with van der Waals surface area (Å²) in [6, 6.07) is 0. The Bertz CT molecular complexity index is 229. The van der Waals surface area contributed by atoms with E-state index >= 15 is 0 Å². The van der Waals surface area contributed by atoms with E-state index in [9.17, 15) is 18.4 Å². The smallest absolute Gasteiger partial charge is 0.296 e. The highest BCUT2D eigenvalue weighted by Gasteiger charge is 2.36. The van der Waals surface area contributed by atoms with Crippen LogP contribution in [0.1, 0.15) is 34.1 Å². The minimum Gasteiger partial charge on any atom is -0.298 e. The maximum absolute atomic E-state index is 12.1. The van der Waals surface area contributed by atoms with E-state index < -0.39 is 29.3 Å². The van der Waals surface area contributed by atoms with E-state index in [2.05, 4.69) is 0 Å². The molecule has 0 amide bonds. The summed E-state index contributed by atoms with van der Waals surface area (Å²) < 4.78 is 24.2. The molecule has 1 atom stereocenters. The van der Waals surface area contributed by atoms with Gasteiger partial charge in [-0.15, -0.1) is 0 Å². The second kappa shape index (κ2) is 4.62. The molecule has 0 aromatic rings. The second-order valence-corrected chi connectivity index (χ2v) is 4.28. The average Bonchev–Trinajstić information content (AvgIpc) is 2.03. The number of hydrogen-bond donors (Lipinski definition) is 0. The van der Waals surface area contributed by atoms with Crippen molar-refractivity contribution in [2.45, 2.75) is 40.5 Å². The lowest BCUT2D eigenvalue weighted by Gasteiger charge is -2.22. The third kappa shape index (κ3) is 3.16. The van der Waals surface area contributed by atoms with Crippen LogP contribution in [0.15, 0.2) is 0 Å². The number of ketones is 2. The Hall–Kier alpha value is -0.800. The molecular formula is C10H16F2O2. The topological polar surface area (TPSA) is 34.1 Å². The Morgan fingerprint density at radius 3 is 1.86 bits per heavy atom. The lowest BCUT2D eigenvalue weighted by molar-refractivity contribution is -0.143. The van der Waals surface area contributed by atoms with Gasteiger partial charge in [0.25, 0.3) is 6.43 Å². The Kier molecular flexibility index (Phi) is 4.36. The summed E-state index contributed by atoms with van der Waals surface area (Å²) >= 11 is 0. The first-order valence-electron chi connectivity index (χ1n) is 4.58. The zero-order valence-electron chi connectivity index (χ0n) is 8.93. The van der Waals surface area contributed by atoms with Gasteiger partial charge in [-0.2, -0.15) is 0 Å². The Morgan fingerprint density at radius 2 is 1.64 bits per heavy atom. The van der Waals surface area contributed by atoms with Crippen LogP contribution in [0, 0.1) is 11.3 Å². The Morgan fingerprint density at radius 1 is 1.21 bits per heavy atom. The normalized spacial score (nSPS) is 14.2. The highest BCUT2D eigenvalue weighted by atomic mass is 19.3. The summed E-state index contributed by atoms with van der Waals surface area (Å²) in [5.74, 6) is -2.83. The van der Waals surface area contributed by atoms with Crippen LogP contribution >= 0.6 is 0 Å². The molecule has 0 rings (SSSR count). The molecule has 0 aromatic carbocycles. The van der Waals surface area contributed by atoms with Crippen LogP contribution in [0.3, 0.4) is 0 Å². The second-order valence-electron chi connectivity index (χ2n) is 4.28. The number of carbonyl (C=O) groups excluding carboxylic acids is 2. The summed E-state index contributed by atoms with van der Waals surface area (Å²) in [7, 11) is 0. The molecule has 4 heteroatoms. The predicted molar refractivity (Wildman–Crippen MR) is 49.3 cm³/mol. The Balaban J connectivity index is 4.75. The molecule has 82 valence electrons. The molecule has 0 heterocycles. The predicted octanol–water partition coefficient (Wildman–Crippen LogP) is 2.46. The third-order valence-electron chi connectivity index (χ3n) is 2.02. The molecule has 0 aliphatic heterocycles. The van der Waals surface area contributed by atoms with Gasteiger partial charge in [0.05, 0.1) is 5.92 Å². The molecule has 0 N–H and O–H groups in total. The van der Waals surface area contributed by atoms with E-state index in [-0.39, 0.29) is 6.42 Å². The molecule has 1 unspecified atom stereocenters. The highest BCUT2D eigenvalue weighted by molar-refractivity contribution is 6.05. The van der Waals surface area contributed by atoms with Gasteiger partial charge in [0.2, 0.25) is 5.78 Å². The molecule has 0 fully saturated rings. The van der Waals surface area contributed by atoms with Gasteiger partial charge in [-0.05, 0) is 6.42 Å². The molecule has 0 saturated carbocycles. The van der Waals surface area contributed by atoms with Crippen molar-refractivity contribution in [3.8, 4) is 0 Å². The van der Waals surface area contributed by atoms with Gasteiger partial charge >= 0.3 is 0 Å². The summed E-state index contributed by atoms with van der Waals surface area (Å²) in [6.45, 7) is 6.43. The molecule has 0 radical (unpaired) electrons. The fourth-order valence-electron chi connectivity index (χ4n) is 1.19. The Labute approximate surface area is 82.7 Å². The zero-order chi connectivity index (χ0) is 11.5. The monoisotopic (exact) mass is 206 g/mol. The van der Waals surface area contributed by atoms with E-state index in [1.807, 2.05) is 0 Å². The van der Waals surface area contributed by atoms with Crippen molar-refractivity contribution in [2.75, 3.05) is 0 Å². The van der Waals surface area contributed by atoms with E-state index in [1.165, 1.54) is 0 Å². The summed E-state index contributed by atoms with van der Waals surface area (Å²) in [5.41, 5.74) is -0.745. The quantitative estimate of drug-likeness (QED) is 0.662. The van der Waals surface area contributed by atoms with Crippen LogP contribution in [0.2, 0.25) is 0 Å². The van der Waals surface area contributed by atoms with Crippen LogP contribution in [-0.2, 0) is 9.59 Å². The van der Waals surface area contributed by atoms with Crippen LogP contribution in [-0.4, -0.2) is 18.0 Å². The minimum absolute atomic E-state index is 0.138. The maximum atomic E-state index is 12.1. The van der Waals surface area contributed by atoms with Crippen molar-refractivity contribution in [1.29, 1.82) is 0 Å². The maximum Gasteiger partial charge on any atom is 0.296 e. The number of carbonyl (C=O) groups is 2. The number of alkyl halides is 2. The molecule has 0 saturated heterocycles. The molecule has 0 aromatic heterocycles. The highest BCUT2D eigenvalue weighted by Crippen LogP contribution is 2.24. The lowest BCUT2D eigenvalue weighted by atomic mass is 9.80. The standard InChI is InChI=1S/C10H16F2O2/c1-5-6(7(13)9(11)12)8(14)10(2,3)4/h6,9H,5H2,1-4H3. The van der Waals surface area contributed by atoms with Gasteiger partial charge in [0.1, 0.15) is 5.78 Å². The first-order chi connectivity index (χ1) is 6.21. The fraction of sp³-hybridized carbons (Fsp3) is 0.800. The molecule has 0 spiro atoms. The summed E-state index contributed by atoms with van der Waals surface area (Å²) in [5, 5.41) is 0. The van der Waals surface area contributed by atoms with Crippen LogP contribution in [0.25, 0.3) is 0 Å². The van der Waals surface area contributed by atoms with Gasteiger partial charge < -0.3 is 0 Å². The van der Waals surface area contributed by atoms with Gasteiger partial charge in [0.15, 0.2) is 0 Å². The number of rotatable bonds is 4. The third-order valence-corrected chi connectivity index (χ3v) is 2.02. The van der Waals surface area contributed by atoms with Crippen molar-refractivity contribution in [1.82, 2.24) is 0 Å². The first kappa shape index (κ1) is 13.2. The van der Waals surface area contributed by atoms with E-state index in [0.29, 0.717) is 0 Å². The van der Waals surface area contributed by atoms with E-state index in [0.717, 1.165) is 0 Å². The largest absolute Gasteiger partial charge is 0.298 e. The lowest BCUT2D eigenvalue weighted by Crippen LogP contribution is -2.36. The van der Waals surface area contributed by atoms with Crippen molar-refractivity contribution >= 4 is 11.6 Å². The van der Waals surface area contributed by atoms with Crippen molar-refractivity contribution in [3.05, 3.63) is 0 Å². The molecule has 14 heavy (non-hydrogen) atoms. The van der Waals surface area contributed by atoms with Gasteiger partial charge in [-0.25, -0.2) is 8.78 Å². The van der Waals surface area contributed by atoms with Crippen molar-refractivity contribution in [2.24, 2.45) is 11.3 Å². The SMILES string of the molecule is CCC(C(=O)C(F)F)C(=O)C(C)(C)C. The summed E-state index contributed by atoms with van der Waals surface area (Å²) in [6.07, 6.45) is -2.91. The molecule has 0 bridgehead atoms. The zero-order valence-corrected chi connectivity index (χ0v) is 8.93. The molecular weight excluding hydrogens is 190 g/mol. The van der Waals surface area contributed by atoms with Gasteiger partial charge in [-0.1, -0.05) is 27.7 Å². The van der Waals surface area contributed by atoms with Crippen LogP contribution < -0.4 is 0 Å². The average molecular weight is 206 g/mol. The van der Waals surface area contributed by atoms with E-state index in [4.69, 9.17) is 0 Å². The van der Waals surface area contributed by atoms with Crippen molar-refractivity contribution < 1.29 is 18.4 Å². The molecule has 2 nitrogen and oxygen atoms in total. The first-order valence-corrected chi connectivity index (χ1v) is 4.58. The van der Waals surface area contributed by atoms with Crippen LogP contribution in [0.4, 0.5) is 8.78 Å². The van der Waals surface area contributed by atoms with E-state index in [1.54, 1.807) is 27.7 Å². The van der Waals surface area contributed by atoms with Gasteiger partial charge in [-0.3, -0.25) is 9.59 Å². The molecule has 0 aliphatic rings. The molecule has 0 aliphatic carbocycles. The number of halogens is 2. The minimum atomic E-state index is -3.05.